The van der Waals surface area contributed by atoms with E-state index in [1.165, 1.54) is 38.5 Å². The van der Waals surface area contributed by atoms with Crippen LogP contribution in [-0.2, 0) is 0 Å². The van der Waals surface area contributed by atoms with Gasteiger partial charge in [-0.1, -0.05) is 50.3 Å². The summed E-state index contributed by atoms with van der Waals surface area (Å²) >= 11 is 0. The third kappa shape index (κ3) is 3.58. The molecule has 82 valence electrons. The highest BCUT2D eigenvalue weighted by Crippen LogP contribution is 2.26. The molecule has 15 heavy (non-hydrogen) atoms. The monoisotopic (exact) mass is 204 g/mol. The van der Waals surface area contributed by atoms with Gasteiger partial charge in [0.15, 0.2) is 0 Å². The van der Waals surface area contributed by atoms with E-state index < -0.39 is 0 Å². The molecular formula is C14H20O. The summed E-state index contributed by atoms with van der Waals surface area (Å²) in [5, 5.41) is 0. The van der Waals surface area contributed by atoms with Gasteiger partial charge in [0.1, 0.15) is 5.75 Å². The van der Waals surface area contributed by atoms with E-state index >= 15 is 0 Å². The Bertz CT molecular complexity index is 262. The Hall–Kier alpha value is -0.980. The molecular weight excluding hydrogens is 184 g/mol. The van der Waals surface area contributed by atoms with Crippen LogP contribution >= 0.6 is 0 Å². The maximum atomic E-state index is 5.71. The lowest BCUT2D eigenvalue weighted by Crippen LogP contribution is -2.10. The van der Waals surface area contributed by atoms with Crippen LogP contribution in [0.1, 0.15) is 38.5 Å². The molecule has 0 aliphatic heterocycles. The molecule has 0 amide bonds. The minimum Gasteiger partial charge on any atom is -0.494 e. The highest BCUT2D eigenvalue weighted by Gasteiger charge is 2.12. The highest BCUT2D eigenvalue weighted by atomic mass is 16.5. The molecule has 1 nitrogen and oxygen atoms in total. The van der Waals surface area contributed by atoms with E-state index in [-0.39, 0.29) is 0 Å². The number of ether oxygens (including phenoxy) is 1. The fourth-order valence-corrected chi connectivity index (χ4v) is 2.34. The van der Waals surface area contributed by atoms with E-state index in [2.05, 4.69) is 0 Å². The SMILES string of the molecule is c1ccc(OCCC2CCCCC2)cc1. The summed E-state index contributed by atoms with van der Waals surface area (Å²) < 4.78 is 5.71. The molecule has 1 aromatic rings. The van der Waals surface area contributed by atoms with Crippen molar-refractivity contribution in [3.63, 3.8) is 0 Å². The summed E-state index contributed by atoms with van der Waals surface area (Å²) in [6.07, 6.45) is 8.35. The lowest BCUT2D eigenvalue weighted by atomic mass is 9.87. The number of benzene rings is 1. The van der Waals surface area contributed by atoms with Crippen molar-refractivity contribution in [1.82, 2.24) is 0 Å². The van der Waals surface area contributed by atoms with Gasteiger partial charge in [-0.05, 0) is 24.5 Å². The molecule has 1 aliphatic rings. The van der Waals surface area contributed by atoms with Crippen molar-refractivity contribution in [2.24, 2.45) is 5.92 Å². The second-order valence-corrected chi connectivity index (χ2v) is 4.45. The number of hydrogen-bond acceptors (Lipinski definition) is 1. The fourth-order valence-electron chi connectivity index (χ4n) is 2.34. The summed E-state index contributed by atoms with van der Waals surface area (Å²) in [5.41, 5.74) is 0. The van der Waals surface area contributed by atoms with Gasteiger partial charge in [0.2, 0.25) is 0 Å². The fraction of sp³-hybridized carbons (Fsp3) is 0.571. The van der Waals surface area contributed by atoms with Crippen molar-refractivity contribution in [3.8, 4) is 5.75 Å². The smallest absolute Gasteiger partial charge is 0.119 e. The maximum absolute atomic E-state index is 5.71. The topological polar surface area (TPSA) is 9.23 Å². The molecule has 1 fully saturated rings. The third-order valence-electron chi connectivity index (χ3n) is 3.26. The zero-order chi connectivity index (χ0) is 10.3. The first-order valence-corrected chi connectivity index (χ1v) is 6.13. The van der Waals surface area contributed by atoms with Crippen molar-refractivity contribution in [2.45, 2.75) is 38.5 Å². The minimum absolute atomic E-state index is 0.884. The molecule has 1 saturated carbocycles. The molecule has 0 unspecified atom stereocenters. The van der Waals surface area contributed by atoms with Crippen LogP contribution in [-0.4, -0.2) is 6.61 Å². The van der Waals surface area contributed by atoms with E-state index in [9.17, 15) is 0 Å². The Labute approximate surface area is 92.5 Å². The summed E-state index contributed by atoms with van der Waals surface area (Å²) in [6, 6.07) is 10.1. The third-order valence-corrected chi connectivity index (χ3v) is 3.26. The first-order chi connectivity index (χ1) is 7.45. The van der Waals surface area contributed by atoms with Crippen LogP contribution in [0.4, 0.5) is 0 Å². The van der Waals surface area contributed by atoms with E-state index in [4.69, 9.17) is 4.74 Å². The largest absolute Gasteiger partial charge is 0.494 e. The van der Waals surface area contributed by atoms with Crippen molar-refractivity contribution in [3.05, 3.63) is 30.3 Å². The lowest BCUT2D eigenvalue weighted by molar-refractivity contribution is 0.246. The predicted octanol–water partition coefficient (Wildman–Crippen LogP) is 4.04. The van der Waals surface area contributed by atoms with Gasteiger partial charge in [-0.15, -0.1) is 0 Å². The van der Waals surface area contributed by atoms with Gasteiger partial charge in [-0.25, -0.2) is 0 Å². The zero-order valence-corrected chi connectivity index (χ0v) is 9.32. The maximum Gasteiger partial charge on any atom is 0.119 e. The number of para-hydroxylation sites is 1. The van der Waals surface area contributed by atoms with Gasteiger partial charge in [-0.3, -0.25) is 0 Å². The van der Waals surface area contributed by atoms with Crippen LogP contribution in [0.2, 0.25) is 0 Å². The molecule has 0 radical (unpaired) electrons. The Morgan fingerprint density at radius 2 is 1.73 bits per heavy atom. The summed E-state index contributed by atoms with van der Waals surface area (Å²) in [4.78, 5) is 0. The Balaban J connectivity index is 1.66. The van der Waals surface area contributed by atoms with E-state index in [0.29, 0.717) is 0 Å². The molecule has 0 N–H and O–H groups in total. The second-order valence-electron chi connectivity index (χ2n) is 4.45. The van der Waals surface area contributed by atoms with Crippen molar-refractivity contribution in [1.29, 1.82) is 0 Å². The molecule has 0 saturated heterocycles. The first kappa shape index (κ1) is 10.5. The number of rotatable bonds is 4. The first-order valence-electron chi connectivity index (χ1n) is 6.13. The summed E-state index contributed by atoms with van der Waals surface area (Å²) in [6.45, 7) is 0.884. The molecule has 1 aromatic carbocycles. The Kier molecular flexibility index (Phi) is 4.07. The zero-order valence-electron chi connectivity index (χ0n) is 9.32. The normalized spacial score (nSPS) is 17.6. The quantitative estimate of drug-likeness (QED) is 0.719. The van der Waals surface area contributed by atoms with Gasteiger partial charge >= 0.3 is 0 Å². The van der Waals surface area contributed by atoms with Gasteiger partial charge in [-0.2, -0.15) is 0 Å². The van der Waals surface area contributed by atoms with Gasteiger partial charge in [0, 0.05) is 0 Å². The average Bonchev–Trinajstić information content (AvgIpc) is 2.32. The van der Waals surface area contributed by atoms with Crippen LogP contribution in [0.3, 0.4) is 0 Å². The van der Waals surface area contributed by atoms with Crippen molar-refractivity contribution in [2.75, 3.05) is 6.61 Å². The van der Waals surface area contributed by atoms with E-state index in [0.717, 1.165) is 18.3 Å². The molecule has 0 bridgehead atoms. The van der Waals surface area contributed by atoms with E-state index in [1.54, 1.807) is 0 Å². The standard InChI is InChI=1S/C14H20O/c1-3-7-13(8-4-1)11-12-15-14-9-5-2-6-10-14/h2,5-6,9-10,13H,1,3-4,7-8,11-12H2. The highest BCUT2D eigenvalue weighted by molar-refractivity contribution is 5.20. The van der Waals surface area contributed by atoms with Crippen LogP contribution in [0.25, 0.3) is 0 Å². The lowest BCUT2D eigenvalue weighted by Gasteiger charge is -2.21. The van der Waals surface area contributed by atoms with Crippen molar-refractivity contribution >= 4 is 0 Å². The summed E-state index contributed by atoms with van der Waals surface area (Å²) in [7, 11) is 0. The Morgan fingerprint density at radius 1 is 1.00 bits per heavy atom. The molecule has 1 aliphatic carbocycles. The Morgan fingerprint density at radius 3 is 2.47 bits per heavy atom. The van der Waals surface area contributed by atoms with Gasteiger partial charge in [0.05, 0.1) is 6.61 Å². The molecule has 2 rings (SSSR count). The minimum atomic E-state index is 0.884. The van der Waals surface area contributed by atoms with E-state index in [1.807, 2.05) is 30.3 Å². The van der Waals surface area contributed by atoms with Gasteiger partial charge < -0.3 is 4.74 Å². The van der Waals surface area contributed by atoms with Gasteiger partial charge in [0.25, 0.3) is 0 Å². The molecule has 0 spiro atoms. The van der Waals surface area contributed by atoms with Crippen LogP contribution < -0.4 is 4.74 Å². The van der Waals surface area contributed by atoms with Crippen molar-refractivity contribution < 1.29 is 4.74 Å². The average molecular weight is 204 g/mol. The number of hydrogen-bond donors (Lipinski definition) is 0. The van der Waals surface area contributed by atoms with Crippen LogP contribution in [0, 0.1) is 5.92 Å². The molecule has 0 atom stereocenters. The molecule has 0 heterocycles. The summed E-state index contributed by atoms with van der Waals surface area (Å²) in [5.74, 6) is 1.93. The van der Waals surface area contributed by atoms with Crippen LogP contribution in [0.15, 0.2) is 30.3 Å². The predicted molar refractivity (Wildman–Crippen MR) is 63.1 cm³/mol. The molecule has 0 aromatic heterocycles. The second kappa shape index (κ2) is 5.79. The van der Waals surface area contributed by atoms with Crippen LogP contribution in [0.5, 0.6) is 5.75 Å². The molecule has 1 heteroatoms.